The van der Waals surface area contributed by atoms with Crippen LogP contribution < -0.4 is 5.32 Å². The zero-order valence-electron chi connectivity index (χ0n) is 16.8. The molecule has 0 saturated heterocycles. The first-order valence-corrected chi connectivity index (χ1v) is 11.0. The van der Waals surface area contributed by atoms with Crippen LogP contribution >= 0.6 is 0 Å². The molecule has 0 spiro atoms. The lowest BCUT2D eigenvalue weighted by Crippen LogP contribution is -2.30. The molecule has 0 unspecified atom stereocenters. The smallest absolute Gasteiger partial charge is 0.243 e. The van der Waals surface area contributed by atoms with E-state index in [2.05, 4.69) is 10.5 Å². The van der Waals surface area contributed by atoms with Gasteiger partial charge in [-0.05, 0) is 36.8 Å². The number of fused-ring (bicyclic) bond motifs is 1. The highest BCUT2D eigenvalue weighted by molar-refractivity contribution is 7.89. The van der Waals surface area contributed by atoms with Crippen molar-refractivity contribution >= 4 is 26.9 Å². The number of aromatic nitrogens is 1. The Morgan fingerprint density at radius 3 is 2.41 bits per heavy atom. The van der Waals surface area contributed by atoms with E-state index in [-0.39, 0.29) is 23.3 Å². The molecule has 1 atom stereocenters. The molecule has 8 heteroatoms. The third-order valence-corrected chi connectivity index (χ3v) is 6.95. The van der Waals surface area contributed by atoms with Gasteiger partial charge in [0, 0.05) is 18.5 Å². The van der Waals surface area contributed by atoms with Gasteiger partial charge in [-0.15, -0.1) is 0 Å². The minimum atomic E-state index is -3.49. The monoisotopic (exact) mass is 415 g/mol. The van der Waals surface area contributed by atoms with Gasteiger partial charge in [0.1, 0.15) is 5.69 Å². The van der Waals surface area contributed by atoms with E-state index in [9.17, 15) is 13.2 Å². The molecular weight excluding hydrogens is 390 g/mol. The normalized spacial score (nSPS) is 13.0. The summed E-state index contributed by atoms with van der Waals surface area (Å²) < 4.78 is 31.8. The number of carbonyl (C=O) groups excluding carboxylic acids is 1. The van der Waals surface area contributed by atoms with Crippen molar-refractivity contribution in [2.45, 2.75) is 38.1 Å². The van der Waals surface area contributed by atoms with Crippen molar-refractivity contribution in [3.05, 3.63) is 59.8 Å². The maximum atomic E-state index is 12.6. The van der Waals surface area contributed by atoms with Crippen molar-refractivity contribution < 1.29 is 17.7 Å². The highest BCUT2D eigenvalue weighted by atomic mass is 32.2. The van der Waals surface area contributed by atoms with Crippen LogP contribution in [-0.2, 0) is 21.2 Å². The van der Waals surface area contributed by atoms with Crippen molar-refractivity contribution in [1.82, 2.24) is 14.8 Å². The quantitative estimate of drug-likeness (QED) is 0.609. The van der Waals surface area contributed by atoms with E-state index in [1.54, 1.807) is 30.3 Å². The maximum Gasteiger partial charge on any atom is 0.243 e. The number of hydrogen-bond donors (Lipinski definition) is 1. The first-order valence-electron chi connectivity index (χ1n) is 9.59. The Morgan fingerprint density at radius 1 is 1.10 bits per heavy atom. The topological polar surface area (TPSA) is 92.5 Å². The summed E-state index contributed by atoms with van der Waals surface area (Å²) in [5.41, 5.74) is 2.06. The molecule has 0 saturated carbocycles. The number of para-hydroxylation sites is 1. The molecule has 0 radical (unpaired) electrons. The number of sulfonamides is 1. The van der Waals surface area contributed by atoms with Crippen LogP contribution in [0.2, 0.25) is 0 Å². The van der Waals surface area contributed by atoms with Gasteiger partial charge in [0.25, 0.3) is 0 Å². The van der Waals surface area contributed by atoms with Gasteiger partial charge < -0.3 is 9.84 Å². The Labute approximate surface area is 170 Å². The zero-order chi connectivity index (χ0) is 21.0. The van der Waals surface area contributed by atoms with E-state index in [0.717, 1.165) is 10.9 Å². The summed E-state index contributed by atoms with van der Waals surface area (Å²) >= 11 is 0. The molecule has 7 nitrogen and oxygen atoms in total. The highest BCUT2D eigenvalue weighted by Crippen LogP contribution is 2.21. The molecule has 0 aliphatic heterocycles. The SMILES string of the molecule is CCN(CC)S(=O)(=O)c1ccc([C@H](C)NC(=O)Cc2noc3ccccc23)cc1. The molecule has 1 aromatic heterocycles. The van der Waals surface area contributed by atoms with Gasteiger partial charge >= 0.3 is 0 Å². The molecule has 154 valence electrons. The van der Waals surface area contributed by atoms with Gasteiger partial charge in [-0.2, -0.15) is 4.31 Å². The first kappa shape index (κ1) is 21.0. The van der Waals surface area contributed by atoms with Crippen LogP contribution in [0.25, 0.3) is 11.0 Å². The van der Waals surface area contributed by atoms with E-state index in [4.69, 9.17) is 4.52 Å². The number of benzene rings is 2. The van der Waals surface area contributed by atoms with Gasteiger partial charge in [-0.1, -0.05) is 43.3 Å². The van der Waals surface area contributed by atoms with Crippen molar-refractivity contribution in [2.75, 3.05) is 13.1 Å². The lowest BCUT2D eigenvalue weighted by Gasteiger charge is -2.19. The van der Waals surface area contributed by atoms with E-state index in [1.807, 2.05) is 39.0 Å². The van der Waals surface area contributed by atoms with E-state index in [0.29, 0.717) is 24.4 Å². The van der Waals surface area contributed by atoms with Gasteiger partial charge in [0.05, 0.1) is 17.4 Å². The number of nitrogens with one attached hydrogen (secondary N) is 1. The molecule has 0 aliphatic rings. The molecule has 1 amide bonds. The maximum absolute atomic E-state index is 12.6. The fourth-order valence-electron chi connectivity index (χ4n) is 3.23. The van der Waals surface area contributed by atoms with Crippen molar-refractivity contribution in [3.8, 4) is 0 Å². The second-order valence-electron chi connectivity index (χ2n) is 6.75. The lowest BCUT2D eigenvalue weighted by atomic mass is 10.1. The van der Waals surface area contributed by atoms with Crippen molar-refractivity contribution in [3.63, 3.8) is 0 Å². The Kier molecular flexibility index (Phi) is 6.34. The van der Waals surface area contributed by atoms with Crippen molar-refractivity contribution in [1.29, 1.82) is 0 Å². The first-order chi connectivity index (χ1) is 13.9. The van der Waals surface area contributed by atoms with Crippen LogP contribution in [0, 0.1) is 0 Å². The molecule has 1 heterocycles. The summed E-state index contributed by atoms with van der Waals surface area (Å²) in [6.45, 7) is 6.32. The average molecular weight is 416 g/mol. The summed E-state index contributed by atoms with van der Waals surface area (Å²) in [4.78, 5) is 12.7. The number of rotatable bonds is 8. The minimum Gasteiger partial charge on any atom is -0.356 e. The molecular formula is C21H25N3O4S. The molecule has 3 aromatic rings. The van der Waals surface area contributed by atoms with E-state index < -0.39 is 10.0 Å². The minimum absolute atomic E-state index is 0.107. The predicted molar refractivity (Wildman–Crippen MR) is 111 cm³/mol. The van der Waals surface area contributed by atoms with Crippen LogP contribution in [-0.4, -0.2) is 36.9 Å². The van der Waals surface area contributed by atoms with E-state index >= 15 is 0 Å². The van der Waals surface area contributed by atoms with Crippen LogP contribution in [0.3, 0.4) is 0 Å². The second kappa shape index (κ2) is 8.75. The number of carbonyl (C=O) groups is 1. The fraction of sp³-hybridized carbons (Fsp3) is 0.333. The fourth-order valence-corrected chi connectivity index (χ4v) is 4.69. The summed E-state index contributed by atoms with van der Waals surface area (Å²) in [6, 6.07) is 13.7. The van der Waals surface area contributed by atoms with Crippen LogP contribution in [0.4, 0.5) is 0 Å². The summed E-state index contributed by atoms with van der Waals surface area (Å²) in [6.07, 6.45) is 0.107. The third kappa shape index (κ3) is 4.49. The Hall–Kier alpha value is -2.71. The van der Waals surface area contributed by atoms with Gasteiger partial charge in [0.15, 0.2) is 5.58 Å². The summed E-state index contributed by atoms with van der Waals surface area (Å²) in [5, 5.41) is 7.72. The van der Waals surface area contributed by atoms with Crippen LogP contribution in [0.5, 0.6) is 0 Å². The molecule has 2 aromatic carbocycles. The predicted octanol–water partition coefficient (Wildman–Crippen LogP) is 3.28. The van der Waals surface area contributed by atoms with Crippen molar-refractivity contribution in [2.24, 2.45) is 0 Å². The average Bonchev–Trinajstić information content (AvgIpc) is 3.11. The van der Waals surface area contributed by atoms with Gasteiger partial charge in [-0.25, -0.2) is 8.42 Å². The number of amides is 1. The van der Waals surface area contributed by atoms with Crippen LogP contribution in [0.15, 0.2) is 57.9 Å². The Bertz CT molecular complexity index is 1090. The standard InChI is InChI=1S/C21H25N3O4S/c1-4-24(5-2)29(26,27)17-12-10-16(11-13-17)15(3)22-21(25)14-19-18-8-6-7-9-20(18)28-23-19/h6-13,15H,4-5,14H2,1-3H3,(H,22,25)/t15-/m0/s1. The summed E-state index contributed by atoms with van der Waals surface area (Å²) in [7, 11) is -3.49. The zero-order valence-corrected chi connectivity index (χ0v) is 17.6. The van der Waals surface area contributed by atoms with Gasteiger partial charge in [0.2, 0.25) is 15.9 Å². The Balaban J connectivity index is 1.67. The molecule has 0 bridgehead atoms. The lowest BCUT2D eigenvalue weighted by molar-refractivity contribution is -0.121. The largest absolute Gasteiger partial charge is 0.356 e. The second-order valence-corrected chi connectivity index (χ2v) is 8.69. The van der Waals surface area contributed by atoms with E-state index in [1.165, 1.54) is 4.31 Å². The summed E-state index contributed by atoms with van der Waals surface area (Å²) in [5.74, 6) is -0.184. The molecule has 0 fully saturated rings. The molecule has 29 heavy (non-hydrogen) atoms. The molecule has 1 N–H and O–H groups in total. The molecule has 0 aliphatic carbocycles. The third-order valence-electron chi connectivity index (χ3n) is 4.88. The highest BCUT2D eigenvalue weighted by Gasteiger charge is 2.22. The molecule has 3 rings (SSSR count). The number of nitrogens with zero attached hydrogens (tertiary/aromatic N) is 2. The number of hydrogen-bond acceptors (Lipinski definition) is 5. The van der Waals surface area contributed by atoms with Crippen LogP contribution in [0.1, 0.15) is 38.1 Å². The Morgan fingerprint density at radius 2 is 1.76 bits per heavy atom. The van der Waals surface area contributed by atoms with Gasteiger partial charge in [-0.3, -0.25) is 4.79 Å².